The SMILES string of the molecule is FC(F)(F)C(F)(F)C(F)(F)C(F)(F)C(F)(F)C(F)(F)CC[n+]1ccccn1. The van der Waals surface area contributed by atoms with Gasteiger partial charge in [-0.05, 0) is 11.2 Å². The maximum atomic E-state index is 13.5. The van der Waals surface area contributed by atoms with E-state index in [1.54, 1.807) is 0 Å². The van der Waals surface area contributed by atoms with Crippen molar-refractivity contribution < 1.29 is 61.8 Å². The summed E-state index contributed by atoms with van der Waals surface area (Å²) in [6, 6.07) is 2.37. The molecule has 0 spiro atoms. The minimum absolute atomic E-state index is 0.491. The Kier molecular flexibility index (Phi) is 5.72. The maximum absolute atomic E-state index is 13.5. The normalized spacial score (nSPS) is 15.1. The highest BCUT2D eigenvalue weighted by molar-refractivity contribution is 5.09. The Morgan fingerprint density at radius 1 is 0.630 bits per heavy atom. The molecule has 1 heterocycles. The van der Waals surface area contributed by atoms with Crippen molar-refractivity contribution in [2.75, 3.05) is 0 Å². The third-order valence-electron chi connectivity index (χ3n) is 3.32. The van der Waals surface area contributed by atoms with E-state index in [1.165, 1.54) is 6.07 Å². The van der Waals surface area contributed by atoms with Crippen LogP contribution < -0.4 is 4.68 Å². The number of aromatic nitrogens is 2. The fourth-order valence-corrected chi connectivity index (χ4v) is 1.71. The van der Waals surface area contributed by atoms with Gasteiger partial charge in [0.2, 0.25) is 0 Å². The molecule has 0 atom stereocenters. The molecular weight excluding hydrogens is 419 g/mol. The van der Waals surface area contributed by atoms with Gasteiger partial charge in [0.1, 0.15) is 0 Å². The summed E-state index contributed by atoms with van der Waals surface area (Å²) >= 11 is 0. The van der Waals surface area contributed by atoms with E-state index in [1.807, 2.05) is 0 Å². The highest BCUT2D eigenvalue weighted by Crippen LogP contribution is 2.60. The zero-order valence-electron chi connectivity index (χ0n) is 12.5. The van der Waals surface area contributed by atoms with E-state index in [9.17, 15) is 57.1 Å². The van der Waals surface area contributed by atoms with E-state index in [0.29, 0.717) is 4.68 Å². The lowest BCUT2D eigenvalue weighted by molar-refractivity contribution is -0.756. The van der Waals surface area contributed by atoms with Gasteiger partial charge < -0.3 is 0 Å². The van der Waals surface area contributed by atoms with Crippen molar-refractivity contribution in [1.82, 2.24) is 5.10 Å². The standard InChI is InChI=1S/C12H8F13N2/c13-7(14,3-6-27-5-2-1-4-26-27)8(15,16)9(17,18)10(19,20)11(21,22)12(23,24)25/h1-2,4-5H,3,6H2/q+1. The van der Waals surface area contributed by atoms with Gasteiger partial charge in [-0.3, -0.25) is 0 Å². The first-order chi connectivity index (χ1) is 11.8. The molecule has 0 N–H and O–H groups in total. The molecule has 0 unspecified atom stereocenters. The summed E-state index contributed by atoms with van der Waals surface area (Å²) in [5.74, 6) is -36.7. The van der Waals surface area contributed by atoms with E-state index < -0.39 is 48.8 Å². The average molecular weight is 427 g/mol. The Morgan fingerprint density at radius 3 is 1.52 bits per heavy atom. The van der Waals surface area contributed by atoms with Gasteiger partial charge in [-0.15, -0.1) is 0 Å². The molecule has 0 aliphatic rings. The Morgan fingerprint density at radius 2 is 1.11 bits per heavy atom. The molecule has 0 aliphatic heterocycles. The highest BCUT2D eigenvalue weighted by atomic mass is 19.4. The topological polar surface area (TPSA) is 16.8 Å². The average Bonchev–Trinajstić information content (AvgIpc) is 2.52. The van der Waals surface area contributed by atoms with Crippen LogP contribution in [0.2, 0.25) is 0 Å². The van der Waals surface area contributed by atoms with Crippen molar-refractivity contribution in [2.45, 2.75) is 48.8 Å². The number of hydrogen-bond acceptors (Lipinski definition) is 1. The molecule has 0 amide bonds. The molecule has 0 fully saturated rings. The van der Waals surface area contributed by atoms with Crippen molar-refractivity contribution in [2.24, 2.45) is 0 Å². The van der Waals surface area contributed by atoms with E-state index >= 15 is 0 Å². The Labute approximate surface area is 141 Å². The molecule has 0 radical (unpaired) electrons. The number of rotatable bonds is 7. The van der Waals surface area contributed by atoms with Gasteiger partial charge in [0.15, 0.2) is 12.7 Å². The van der Waals surface area contributed by atoms with E-state index in [4.69, 9.17) is 0 Å². The van der Waals surface area contributed by atoms with Crippen molar-refractivity contribution >= 4 is 0 Å². The summed E-state index contributed by atoms with van der Waals surface area (Å²) in [6.07, 6.45) is -7.89. The summed E-state index contributed by atoms with van der Waals surface area (Å²) < 4.78 is 168. The molecule has 0 aromatic carbocycles. The lowest BCUT2D eigenvalue weighted by Gasteiger charge is -2.39. The van der Waals surface area contributed by atoms with Gasteiger partial charge in [0.05, 0.1) is 12.6 Å². The van der Waals surface area contributed by atoms with Gasteiger partial charge in [-0.2, -0.15) is 57.1 Å². The summed E-state index contributed by atoms with van der Waals surface area (Å²) in [6.45, 7) is -1.26. The number of halogens is 13. The van der Waals surface area contributed by atoms with Crippen molar-refractivity contribution in [1.29, 1.82) is 0 Å². The van der Waals surface area contributed by atoms with E-state index in [0.717, 1.165) is 18.5 Å². The first-order valence-electron chi connectivity index (χ1n) is 6.59. The molecule has 0 bridgehead atoms. The first kappa shape index (κ1) is 23.2. The molecule has 156 valence electrons. The number of aryl methyl sites for hydroxylation is 1. The van der Waals surface area contributed by atoms with Gasteiger partial charge in [-0.1, -0.05) is 4.68 Å². The van der Waals surface area contributed by atoms with Crippen LogP contribution >= 0.6 is 0 Å². The minimum Gasteiger partial charge on any atom is -0.199 e. The van der Waals surface area contributed by atoms with Crippen LogP contribution in [0, 0.1) is 0 Å². The molecule has 1 aromatic heterocycles. The molecule has 2 nitrogen and oxygen atoms in total. The van der Waals surface area contributed by atoms with Crippen LogP contribution in [-0.4, -0.2) is 40.9 Å². The maximum Gasteiger partial charge on any atom is 0.460 e. The fourth-order valence-electron chi connectivity index (χ4n) is 1.71. The lowest BCUT2D eigenvalue weighted by Crippen LogP contribution is -2.70. The van der Waals surface area contributed by atoms with Gasteiger partial charge in [0.25, 0.3) is 0 Å². The van der Waals surface area contributed by atoms with Crippen LogP contribution in [0.5, 0.6) is 0 Å². The number of hydrogen-bond donors (Lipinski definition) is 0. The Balaban J connectivity index is 3.24. The molecule has 1 aromatic rings. The quantitative estimate of drug-likeness (QED) is 0.463. The summed E-state index contributed by atoms with van der Waals surface area (Å²) in [7, 11) is 0. The third kappa shape index (κ3) is 3.63. The number of nitrogens with zero attached hydrogens (tertiary/aromatic N) is 2. The second-order valence-electron chi connectivity index (χ2n) is 5.21. The molecular formula is C12H8F13N2+. The molecule has 0 aliphatic carbocycles. The van der Waals surface area contributed by atoms with Crippen LogP contribution in [0.4, 0.5) is 57.1 Å². The molecule has 0 saturated heterocycles. The van der Waals surface area contributed by atoms with Crippen molar-refractivity contribution in [3.05, 3.63) is 24.5 Å². The van der Waals surface area contributed by atoms with E-state index in [-0.39, 0.29) is 0 Å². The first-order valence-corrected chi connectivity index (χ1v) is 6.59. The van der Waals surface area contributed by atoms with Gasteiger partial charge in [-0.25, -0.2) is 0 Å². The van der Waals surface area contributed by atoms with Crippen LogP contribution in [0.15, 0.2) is 24.5 Å². The Hall–Kier alpha value is -1.83. The molecule has 1 rings (SSSR count). The van der Waals surface area contributed by atoms with E-state index in [2.05, 4.69) is 5.10 Å². The van der Waals surface area contributed by atoms with Crippen molar-refractivity contribution in [3.8, 4) is 0 Å². The monoisotopic (exact) mass is 427 g/mol. The predicted molar refractivity (Wildman–Crippen MR) is 59.8 cm³/mol. The van der Waals surface area contributed by atoms with Crippen molar-refractivity contribution in [3.63, 3.8) is 0 Å². The smallest absolute Gasteiger partial charge is 0.199 e. The van der Waals surface area contributed by atoms with Gasteiger partial charge in [0, 0.05) is 6.07 Å². The van der Waals surface area contributed by atoms with Crippen LogP contribution in [0.1, 0.15) is 6.42 Å². The third-order valence-corrected chi connectivity index (χ3v) is 3.32. The highest BCUT2D eigenvalue weighted by Gasteiger charge is 2.90. The Bertz CT molecular complexity index is 638. The van der Waals surface area contributed by atoms with Crippen LogP contribution in [-0.2, 0) is 6.54 Å². The number of alkyl halides is 13. The summed E-state index contributed by atoms with van der Waals surface area (Å²) in [4.78, 5) is 0. The lowest BCUT2D eigenvalue weighted by atomic mass is 9.92. The predicted octanol–water partition coefficient (Wildman–Crippen LogP) is 4.50. The summed E-state index contributed by atoms with van der Waals surface area (Å²) in [5, 5.41) is 3.28. The minimum atomic E-state index is -7.87. The second kappa shape index (κ2) is 6.65. The van der Waals surface area contributed by atoms with Crippen LogP contribution in [0.3, 0.4) is 0 Å². The zero-order valence-corrected chi connectivity index (χ0v) is 12.5. The molecule has 27 heavy (non-hydrogen) atoms. The summed E-state index contributed by atoms with van der Waals surface area (Å²) in [5.41, 5.74) is 0. The second-order valence-corrected chi connectivity index (χ2v) is 5.21. The van der Waals surface area contributed by atoms with Crippen LogP contribution in [0.25, 0.3) is 0 Å². The fraction of sp³-hybridized carbons (Fsp3) is 0.667. The molecule has 15 heteroatoms. The van der Waals surface area contributed by atoms with Gasteiger partial charge >= 0.3 is 35.8 Å². The zero-order chi connectivity index (χ0) is 21.5. The largest absolute Gasteiger partial charge is 0.460 e. The molecule has 0 saturated carbocycles.